The molecule has 1 saturated carbocycles. The minimum atomic E-state index is -0.329. The molecule has 5 heteroatoms. The van der Waals surface area contributed by atoms with E-state index in [2.05, 4.69) is 4.90 Å². The van der Waals surface area contributed by atoms with Gasteiger partial charge in [-0.2, -0.15) is 0 Å². The molecule has 116 valence electrons. The number of ether oxygens (including phenoxy) is 2. The van der Waals surface area contributed by atoms with Crippen molar-refractivity contribution in [2.75, 3.05) is 26.9 Å². The number of carbonyl (C=O) groups excluding carboxylic acids is 1. The van der Waals surface area contributed by atoms with Crippen molar-refractivity contribution in [3.63, 3.8) is 0 Å². The Bertz CT molecular complexity index is 500. The normalized spacial score (nSPS) is 22.0. The summed E-state index contributed by atoms with van der Waals surface area (Å²) in [5.41, 5.74) is 0.535. The summed E-state index contributed by atoms with van der Waals surface area (Å²) >= 11 is 0. The standard InChI is InChI=1S/C16H23NO4/c1-11-15(16(18)19-2)7-14(21-11)9-17(13-3-4-13)8-12-5-6-20-10-12/h7,12-13H,3-6,8-10H2,1-2H3. The molecule has 1 aromatic rings. The fourth-order valence-corrected chi connectivity index (χ4v) is 2.98. The van der Waals surface area contributed by atoms with Gasteiger partial charge >= 0.3 is 5.97 Å². The highest BCUT2D eigenvalue weighted by atomic mass is 16.5. The number of aryl methyl sites for hydroxylation is 1. The molecular formula is C16H23NO4. The zero-order chi connectivity index (χ0) is 14.8. The molecule has 1 atom stereocenters. The molecule has 0 spiro atoms. The molecule has 0 aromatic carbocycles. The van der Waals surface area contributed by atoms with Crippen LogP contribution in [0.3, 0.4) is 0 Å². The second-order valence-electron chi connectivity index (χ2n) is 6.06. The van der Waals surface area contributed by atoms with Crippen molar-refractivity contribution in [1.29, 1.82) is 0 Å². The molecule has 0 amide bonds. The van der Waals surface area contributed by atoms with E-state index in [-0.39, 0.29) is 5.97 Å². The molecular weight excluding hydrogens is 270 g/mol. The lowest BCUT2D eigenvalue weighted by Gasteiger charge is -2.23. The maximum atomic E-state index is 11.6. The van der Waals surface area contributed by atoms with Gasteiger partial charge in [0.15, 0.2) is 0 Å². The SMILES string of the molecule is COC(=O)c1cc(CN(CC2CCOC2)C2CC2)oc1C. The van der Waals surface area contributed by atoms with Crippen LogP contribution in [0.4, 0.5) is 0 Å². The number of methoxy groups -OCH3 is 1. The molecule has 5 nitrogen and oxygen atoms in total. The smallest absolute Gasteiger partial charge is 0.341 e. The fourth-order valence-electron chi connectivity index (χ4n) is 2.98. The zero-order valence-corrected chi connectivity index (χ0v) is 12.8. The van der Waals surface area contributed by atoms with Crippen LogP contribution < -0.4 is 0 Å². The van der Waals surface area contributed by atoms with Gasteiger partial charge in [-0.3, -0.25) is 4.90 Å². The predicted molar refractivity (Wildman–Crippen MR) is 77.1 cm³/mol. The van der Waals surface area contributed by atoms with E-state index in [4.69, 9.17) is 13.9 Å². The Hall–Kier alpha value is -1.33. The van der Waals surface area contributed by atoms with Crippen molar-refractivity contribution in [3.05, 3.63) is 23.2 Å². The lowest BCUT2D eigenvalue weighted by atomic mass is 10.1. The lowest BCUT2D eigenvalue weighted by molar-refractivity contribution is 0.0599. The number of furan rings is 1. The predicted octanol–water partition coefficient (Wildman–Crippen LogP) is 2.38. The molecule has 0 radical (unpaired) electrons. The van der Waals surface area contributed by atoms with E-state index in [0.717, 1.165) is 38.5 Å². The molecule has 2 aliphatic rings. The summed E-state index contributed by atoms with van der Waals surface area (Å²) in [5.74, 6) is 1.78. The van der Waals surface area contributed by atoms with Gasteiger partial charge in [-0.1, -0.05) is 0 Å². The van der Waals surface area contributed by atoms with Crippen LogP contribution in [0.15, 0.2) is 10.5 Å². The minimum Gasteiger partial charge on any atom is -0.465 e. The quantitative estimate of drug-likeness (QED) is 0.754. The van der Waals surface area contributed by atoms with Crippen LogP contribution in [0.5, 0.6) is 0 Å². The Morgan fingerprint density at radius 3 is 2.86 bits per heavy atom. The largest absolute Gasteiger partial charge is 0.465 e. The van der Waals surface area contributed by atoms with Crippen molar-refractivity contribution in [2.24, 2.45) is 5.92 Å². The lowest BCUT2D eigenvalue weighted by Crippen LogP contribution is -2.31. The van der Waals surface area contributed by atoms with Crippen LogP contribution in [0.25, 0.3) is 0 Å². The van der Waals surface area contributed by atoms with Crippen molar-refractivity contribution in [2.45, 2.75) is 38.8 Å². The number of nitrogens with zero attached hydrogens (tertiary/aromatic N) is 1. The third-order valence-corrected chi connectivity index (χ3v) is 4.31. The van der Waals surface area contributed by atoms with Crippen LogP contribution in [0.1, 0.15) is 41.1 Å². The molecule has 0 N–H and O–H groups in total. The molecule has 21 heavy (non-hydrogen) atoms. The summed E-state index contributed by atoms with van der Waals surface area (Å²) in [5, 5.41) is 0. The van der Waals surface area contributed by atoms with Gasteiger partial charge < -0.3 is 13.9 Å². The van der Waals surface area contributed by atoms with Crippen molar-refractivity contribution >= 4 is 5.97 Å². The Balaban J connectivity index is 1.66. The van der Waals surface area contributed by atoms with E-state index in [1.54, 1.807) is 0 Å². The van der Waals surface area contributed by atoms with Gasteiger partial charge in [-0.25, -0.2) is 4.79 Å². The second-order valence-corrected chi connectivity index (χ2v) is 6.06. The Morgan fingerprint density at radius 1 is 1.43 bits per heavy atom. The van der Waals surface area contributed by atoms with Gasteiger partial charge in [0.25, 0.3) is 0 Å². The molecule has 1 aromatic heterocycles. The highest BCUT2D eigenvalue weighted by molar-refractivity contribution is 5.90. The molecule has 1 aliphatic carbocycles. The van der Waals surface area contributed by atoms with Crippen LogP contribution >= 0.6 is 0 Å². The van der Waals surface area contributed by atoms with Crippen molar-refractivity contribution in [3.8, 4) is 0 Å². The highest BCUT2D eigenvalue weighted by Gasteiger charge is 2.32. The van der Waals surface area contributed by atoms with Crippen LogP contribution in [-0.2, 0) is 16.0 Å². The van der Waals surface area contributed by atoms with Crippen LogP contribution in [0, 0.1) is 12.8 Å². The maximum Gasteiger partial charge on any atom is 0.341 e. The van der Waals surface area contributed by atoms with Gasteiger partial charge in [-0.05, 0) is 38.2 Å². The van der Waals surface area contributed by atoms with Crippen molar-refractivity contribution < 1.29 is 18.7 Å². The second kappa shape index (κ2) is 6.20. The molecule has 2 heterocycles. The van der Waals surface area contributed by atoms with E-state index < -0.39 is 0 Å². The number of esters is 1. The van der Waals surface area contributed by atoms with E-state index in [1.807, 2.05) is 13.0 Å². The average Bonchev–Trinajstić information content (AvgIpc) is 3.08. The summed E-state index contributed by atoms with van der Waals surface area (Å²) in [6.07, 6.45) is 3.67. The number of hydrogen-bond donors (Lipinski definition) is 0. The summed E-state index contributed by atoms with van der Waals surface area (Å²) < 4.78 is 16.0. The monoisotopic (exact) mass is 293 g/mol. The van der Waals surface area contributed by atoms with E-state index >= 15 is 0 Å². The maximum absolute atomic E-state index is 11.6. The Labute approximate surface area is 125 Å². The molecule has 3 rings (SSSR count). The van der Waals surface area contributed by atoms with E-state index in [9.17, 15) is 4.79 Å². The molecule has 1 saturated heterocycles. The fraction of sp³-hybridized carbons (Fsp3) is 0.688. The average molecular weight is 293 g/mol. The first-order valence-corrected chi connectivity index (χ1v) is 7.66. The molecule has 1 aliphatic heterocycles. The van der Waals surface area contributed by atoms with Gasteiger partial charge in [-0.15, -0.1) is 0 Å². The Kier molecular flexibility index (Phi) is 4.31. The third-order valence-electron chi connectivity index (χ3n) is 4.31. The van der Waals surface area contributed by atoms with Crippen molar-refractivity contribution in [1.82, 2.24) is 4.90 Å². The van der Waals surface area contributed by atoms with Gasteiger partial charge in [0, 0.05) is 19.2 Å². The van der Waals surface area contributed by atoms with E-state index in [0.29, 0.717) is 23.3 Å². The number of rotatable bonds is 6. The topological polar surface area (TPSA) is 51.9 Å². The number of hydrogen-bond acceptors (Lipinski definition) is 5. The first kappa shape index (κ1) is 14.6. The third kappa shape index (κ3) is 3.47. The summed E-state index contributed by atoms with van der Waals surface area (Å²) in [4.78, 5) is 14.1. The summed E-state index contributed by atoms with van der Waals surface area (Å²) in [6.45, 7) is 5.38. The van der Waals surface area contributed by atoms with E-state index in [1.165, 1.54) is 20.0 Å². The minimum absolute atomic E-state index is 0.329. The summed E-state index contributed by atoms with van der Waals surface area (Å²) in [6, 6.07) is 2.49. The summed E-state index contributed by atoms with van der Waals surface area (Å²) in [7, 11) is 1.39. The first-order chi connectivity index (χ1) is 10.2. The van der Waals surface area contributed by atoms with Gasteiger partial charge in [0.2, 0.25) is 0 Å². The molecule has 2 fully saturated rings. The molecule has 0 bridgehead atoms. The zero-order valence-electron chi connectivity index (χ0n) is 12.8. The van der Waals surface area contributed by atoms with Gasteiger partial charge in [0.1, 0.15) is 17.1 Å². The highest BCUT2D eigenvalue weighted by Crippen LogP contribution is 2.31. The first-order valence-electron chi connectivity index (χ1n) is 7.66. The van der Waals surface area contributed by atoms with Gasteiger partial charge in [0.05, 0.1) is 20.3 Å². The number of carbonyl (C=O) groups is 1. The van der Waals surface area contributed by atoms with Crippen LogP contribution in [0.2, 0.25) is 0 Å². The Morgan fingerprint density at radius 2 is 2.24 bits per heavy atom. The molecule has 1 unspecified atom stereocenters. The van der Waals surface area contributed by atoms with Crippen LogP contribution in [-0.4, -0.2) is 43.8 Å².